The van der Waals surface area contributed by atoms with Gasteiger partial charge in [0.25, 0.3) is 5.91 Å². The number of rotatable bonds is 2. The number of carbonyl (C=O) groups excluding carboxylic acids is 1. The van der Waals surface area contributed by atoms with Crippen LogP contribution in [-0.2, 0) is 0 Å². The van der Waals surface area contributed by atoms with Gasteiger partial charge in [0.2, 0.25) is 0 Å². The van der Waals surface area contributed by atoms with Crippen molar-refractivity contribution in [3.8, 4) is 5.75 Å². The molecule has 110 valence electrons. The van der Waals surface area contributed by atoms with Crippen molar-refractivity contribution in [1.82, 2.24) is 10.2 Å². The Bertz CT molecular complexity index is 500. The number of methoxy groups -OCH3 is 1. The predicted octanol–water partition coefficient (Wildman–Crippen LogP) is 1.55. The fourth-order valence-electron chi connectivity index (χ4n) is 3.00. The maximum Gasteiger partial charge on any atom is 0.253 e. The molecule has 1 amide bonds. The van der Waals surface area contributed by atoms with Crippen molar-refractivity contribution in [2.45, 2.75) is 0 Å². The van der Waals surface area contributed by atoms with Crippen LogP contribution in [0.15, 0.2) is 18.2 Å². The van der Waals surface area contributed by atoms with E-state index < -0.39 is 5.82 Å². The molecule has 2 fully saturated rings. The van der Waals surface area contributed by atoms with Gasteiger partial charge in [-0.1, -0.05) is 0 Å². The van der Waals surface area contributed by atoms with E-state index >= 15 is 0 Å². The molecule has 1 aromatic carbocycles. The van der Waals surface area contributed by atoms with Gasteiger partial charge >= 0.3 is 0 Å². The summed E-state index contributed by atoms with van der Waals surface area (Å²) in [5.74, 6) is 0.684. The average molecular weight is 301 g/mol. The highest BCUT2D eigenvalue weighted by molar-refractivity contribution is 5.94. The highest BCUT2D eigenvalue weighted by Crippen LogP contribution is 2.28. The van der Waals surface area contributed by atoms with E-state index in [1.807, 2.05) is 4.90 Å². The number of nitrogens with zero attached hydrogens (tertiary/aromatic N) is 1. The number of amides is 1. The van der Waals surface area contributed by atoms with Gasteiger partial charge in [-0.05, 0) is 30.0 Å². The van der Waals surface area contributed by atoms with E-state index in [1.54, 1.807) is 6.07 Å². The van der Waals surface area contributed by atoms with Crippen molar-refractivity contribution in [1.29, 1.82) is 0 Å². The Hall–Kier alpha value is -1.33. The van der Waals surface area contributed by atoms with Crippen LogP contribution >= 0.6 is 12.4 Å². The summed E-state index contributed by atoms with van der Waals surface area (Å²) in [5.41, 5.74) is 0.395. The van der Waals surface area contributed by atoms with E-state index in [0.717, 1.165) is 26.2 Å². The first kappa shape index (κ1) is 15.1. The standard InChI is InChI=1S/C14H17FN2O2.ClH/c1-19-13-3-2-9(4-12(13)15)14(18)17-7-10-5-16-6-11(10)8-17;/h2-4,10-11,16H,5-8H2,1H3;1H/t10-,11+;. The first-order valence-corrected chi connectivity index (χ1v) is 6.52. The molecule has 3 rings (SSSR count). The minimum atomic E-state index is -0.491. The normalized spacial score (nSPS) is 24.2. The highest BCUT2D eigenvalue weighted by atomic mass is 35.5. The van der Waals surface area contributed by atoms with E-state index in [2.05, 4.69) is 5.32 Å². The molecule has 6 heteroatoms. The summed E-state index contributed by atoms with van der Waals surface area (Å²) in [4.78, 5) is 14.2. The van der Waals surface area contributed by atoms with Crippen LogP contribution in [0.1, 0.15) is 10.4 Å². The topological polar surface area (TPSA) is 41.6 Å². The third kappa shape index (κ3) is 2.60. The van der Waals surface area contributed by atoms with Crippen molar-refractivity contribution < 1.29 is 13.9 Å². The summed E-state index contributed by atoms with van der Waals surface area (Å²) in [6.07, 6.45) is 0. The fourth-order valence-corrected chi connectivity index (χ4v) is 3.00. The zero-order valence-electron chi connectivity index (χ0n) is 11.3. The Morgan fingerprint density at radius 1 is 1.35 bits per heavy atom. The lowest BCUT2D eigenvalue weighted by molar-refractivity contribution is 0.0781. The lowest BCUT2D eigenvalue weighted by Crippen LogP contribution is -2.31. The summed E-state index contributed by atoms with van der Waals surface area (Å²) in [7, 11) is 1.41. The quantitative estimate of drug-likeness (QED) is 0.901. The first-order chi connectivity index (χ1) is 9.19. The van der Waals surface area contributed by atoms with Gasteiger partial charge in [0.1, 0.15) is 0 Å². The number of ether oxygens (including phenoxy) is 1. The highest BCUT2D eigenvalue weighted by Gasteiger charge is 2.38. The van der Waals surface area contributed by atoms with Gasteiger partial charge < -0.3 is 15.0 Å². The van der Waals surface area contributed by atoms with E-state index in [1.165, 1.54) is 19.2 Å². The van der Waals surface area contributed by atoms with Gasteiger partial charge in [0, 0.05) is 31.7 Å². The average Bonchev–Trinajstić information content (AvgIpc) is 2.98. The Morgan fingerprint density at radius 2 is 2.00 bits per heavy atom. The second-order valence-electron chi connectivity index (χ2n) is 5.24. The number of hydrogen-bond donors (Lipinski definition) is 1. The van der Waals surface area contributed by atoms with E-state index in [4.69, 9.17) is 4.74 Å². The maximum atomic E-state index is 13.6. The first-order valence-electron chi connectivity index (χ1n) is 6.52. The number of hydrogen-bond acceptors (Lipinski definition) is 3. The third-order valence-corrected chi connectivity index (χ3v) is 4.08. The van der Waals surface area contributed by atoms with Crippen LogP contribution in [0.4, 0.5) is 4.39 Å². The second kappa shape index (κ2) is 5.97. The molecule has 2 heterocycles. The number of likely N-dealkylation sites (tertiary alicyclic amines) is 1. The summed E-state index contributed by atoms with van der Waals surface area (Å²) >= 11 is 0. The zero-order chi connectivity index (χ0) is 13.4. The second-order valence-corrected chi connectivity index (χ2v) is 5.24. The summed E-state index contributed by atoms with van der Waals surface area (Å²) in [6, 6.07) is 4.38. The molecule has 0 unspecified atom stereocenters. The molecule has 20 heavy (non-hydrogen) atoms. The van der Waals surface area contributed by atoms with Crippen LogP contribution in [0, 0.1) is 17.7 Å². The Balaban J connectivity index is 0.00000147. The van der Waals surface area contributed by atoms with Crippen molar-refractivity contribution in [2.75, 3.05) is 33.3 Å². The van der Waals surface area contributed by atoms with Gasteiger partial charge in [-0.25, -0.2) is 4.39 Å². The molecule has 1 N–H and O–H groups in total. The zero-order valence-corrected chi connectivity index (χ0v) is 12.1. The fraction of sp³-hybridized carbons (Fsp3) is 0.500. The largest absolute Gasteiger partial charge is 0.494 e. The van der Waals surface area contributed by atoms with Crippen LogP contribution in [0.3, 0.4) is 0 Å². The van der Waals surface area contributed by atoms with Gasteiger partial charge in [-0.3, -0.25) is 4.79 Å². The molecule has 2 aliphatic heterocycles. The summed E-state index contributed by atoms with van der Waals surface area (Å²) < 4.78 is 18.5. The lowest BCUT2D eigenvalue weighted by atomic mass is 10.0. The van der Waals surface area contributed by atoms with Crippen LogP contribution < -0.4 is 10.1 Å². The smallest absolute Gasteiger partial charge is 0.253 e. The van der Waals surface area contributed by atoms with Crippen molar-refractivity contribution in [2.24, 2.45) is 11.8 Å². The summed E-state index contributed by atoms with van der Waals surface area (Å²) in [6.45, 7) is 3.49. The number of benzene rings is 1. The van der Waals surface area contributed by atoms with Gasteiger partial charge in [0.15, 0.2) is 11.6 Å². The lowest BCUT2D eigenvalue weighted by Gasteiger charge is -2.17. The number of fused-ring (bicyclic) bond motifs is 1. The van der Waals surface area contributed by atoms with Crippen LogP contribution in [-0.4, -0.2) is 44.1 Å². The number of nitrogens with one attached hydrogen (secondary N) is 1. The van der Waals surface area contributed by atoms with Gasteiger partial charge in [-0.15, -0.1) is 12.4 Å². The van der Waals surface area contributed by atoms with Crippen molar-refractivity contribution in [3.05, 3.63) is 29.6 Å². The molecular weight excluding hydrogens is 283 g/mol. The minimum absolute atomic E-state index is 0. The van der Waals surface area contributed by atoms with E-state index in [9.17, 15) is 9.18 Å². The van der Waals surface area contributed by atoms with Gasteiger partial charge in [0.05, 0.1) is 7.11 Å². The SMILES string of the molecule is COc1ccc(C(=O)N2C[C@H]3CNC[C@H]3C2)cc1F.Cl. The van der Waals surface area contributed by atoms with E-state index in [0.29, 0.717) is 17.4 Å². The monoisotopic (exact) mass is 300 g/mol. The molecule has 2 aliphatic rings. The Morgan fingerprint density at radius 3 is 2.55 bits per heavy atom. The van der Waals surface area contributed by atoms with Crippen molar-refractivity contribution in [3.63, 3.8) is 0 Å². The van der Waals surface area contributed by atoms with Gasteiger partial charge in [-0.2, -0.15) is 0 Å². The maximum absolute atomic E-state index is 13.6. The molecule has 0 radical (unpaired) electrons. The molecule has 0 aliphatic carbocycles. The van der Waals surface area contributed by atoms with E-state index in [-0.39, 0.29) is 24.1 Å². The molecule has 0 aromatic heterocycles. The molecule has 0 saturated carbocycles. The van der Waals surface area contributed by atoms with Crippen LogP contribution in [0.25, 0.3) is 0 Å². The number of carbonyl (C=O) groups is 1. The molecule has 4 nitrogen and oxygen atoms in total. The summed E-state index contributed by atoms with van der Waals surface area (Å²) in [5, 5.41) is 3.33. The molecule has 0 bridgehead atoms. The molecule has 2 saturated heterocycles. The Labute approximate surface area is 123 Å². The predicted molar refractivity (Wildman–Crippen MR) is 76.0 cm³/mol. The van der Waals surface area contributed by atoms with Crippen LogP contribution in [0.5, 0.6) is 5.75 Å². The molecular formula is C14H18ClFN2O2. The molecule has 2 atom stereocenters. The van der Waals surface area contributed by atoms with Crippen molar-refractivity contribution >= 4 is 18.3 Å². The van der Waals surface area contributed by atoms with Crippen LogP contribution in [0.2, 0.25) is 0 Å². The molecule has 1 aromatic rings. The number of halogens is 2. The Kier molecular flexibility index (Phi) is 4.50. The third-order valence-electron chi connectivity index (χ3n) is 4.08. The minimum Gasteiger partial charge on any atom is -0.494 e. The molecule has 0 spiro atoms.